The van der Waals surface area contributed by atoms with Crippen LogP contribution in [0.5, 0.6) is 0 Å². The molecule has 1 heterocycles. The number of nitrogens with one attached hydrogen (secondary N) is 1. The molecule has 1 aromatic carbocycles. The molecule has 1 aromatic rings. The third-order valence-corrected chi connectivity index (χ3v) is 4.15. The zero-order valence-corrected chi connectivity index (χ0v) is 9.95. The van der Waals surface area contributed by atoms with E-state index >= 15 is 0 Å². The first kappa shape index (κ1) is 10.2. The number of hydrogen-bond acceptors (Lipinski definition) is 2. The maximum atomic E-state index is 3.50. The molecule has 3 rings (SSSR count). The molecule has 1 unspecified atom stereocenters. The van der Waals surface area contributed by atoms with E-state index in [2.05, 4.69) is 41.5 Å². The number of likely N-dealkylation sites (N-methyl/N-ethyl adjacent to an activating group) is 1. The highest BCUT2D eigenvalue weighted by atomic mass is 15.1. The SMILES string of the molecule is CN(CC1CNc2ccccc21)C1CCC1. The van der Waals surface area contributed by atoms with Crippen molar-refractivity contribution in [1.82, 2.24) is 4.90 Å². The van der Waals surface area contributed by atoms with Gasteiger partial charge in [-0.3, -0.25) is 0 Å². The molecule has 1 aliphatic heterocycles. The second kappa shape index (κ2) is 4.10. The fourth-order valence-corrected chi connectivity index (χ4v) is 2.84. The molecule has 1 saturated carbocycles. The molecular weight excluding hydrogens is 196 g/mol. The molecule has 86 valence electrons. The normalized spacial score (nSPS) is 24.0. The van der Waals surface area contributed by atoms with Gasteiger partial charge < -0.3 is 10.2 Å². The van der Waals surface area contributed by atoms with Crippen molar-refractivity contribution >= 4 is 5.69 Å². The van der Waals surface area contributed by atoms with Crippen LogP contribution in [0, 0.1) is 0 Å². The van der Waals surface area contributed by atoms with Gasteiger partial charge >= 0.3 is 0 Å². The lowest BCUT2D eigenvalue weighted by molar-refractivity contribution is 0.153. The van der Waals surface area contributed by atoms with Gasteiger partial charge in [-0.05, 0) is 31.5 Å². The predicted octanol–water partition coefficient (Wildman–Crippen LogP) is 2.68. The molecule has 2 aliphatic rings. The Balaban J connectivity index is 1.68. The van der Waals surface area contributed by atoms with Crippen LogP contribution in [0.1, 0.15) is 30.7 Å². The van der Waals surface area contributed by atoms with Crippen molar-refractivity contribution in [2.24, 2.45) is 0 Å². The van der Waals surface area contributed by atoms with Crippen LogP contribution in [-0.4, -0.2) is 31.1 Å². The topological polar surface area (TPSA) is 15.3 Å². The molecule has 1 fully saturated rings. The molecule has 16 heavy (non-hydrogen) atoms. The highest BCUT2D eigenvalue weighted by Gasteiger charge is 2.27. The summed E-state index contributed by atoms with van der Waals surface area (Å²) in [5.41, 5.74) is 2.85. The summed E-state index contributed by atoms with van der Waals surface area (Å²) in [5, 5.41) is 3.50. The molecule has 2 nitrogen and oxygen atoms in total. The van der Waals surface area contributed by atoms with Crippen LogP contribution in [-0.2, 0) is 0 Å². The number of para-hydroxylation sites is 1. The number of fused-ring (bicyclic) bond motifs is 1. The summed E-state index contributed by atoms with van der Waals surface area (Å²) in [6, 6.07) is 9.59. The molecule has 0 radical (unpaired) electrons. The average molecular weight is 216 g/mol. The van der Waals surface area contributed by atoms with E-state index in [1.807, 2.05) is 0 Å². The zero-order chi connectivity index (χ0) is 11.0. The molecule has 0 amide bonds. The maximum absolute atomic E-state index is 3.50. The lowest BCUT2D eigenvalue weighted by Crippen LogP contribution is -2.39. The monoisotopic (exact) mass is 216 g/mol. The fraction of sp³-hybridized carbons (Fsp3) is 0.571. The Morgan fingerprint density at radius 2 is 2.12 bits per heavy atom. The minimum Gasteiger partial charge on any atom is -0.384 e. The molecule has 0 bridgehead atoms. The van der Waals surface area contributed by atoms with Gasteiger partial charge in [-0.15, -0.1) is 0 Å². The number of hydrogen-bond donors (Lipinski definition) is 1. The Morgan fingerprint density at radius 1 is 1.31 bits per heavy atom. The van der Waals surface area contributed by atoms with Crippen LogP contribution in [0.3, 0.4) is 0 Å². The summed E-state index contributed by atoms with van der Waals surface area (Å²) in [5.74, 6) is 0.682. The van der Waals surface area contributed by atoms with Gasteiger partial charge in [0.15, 0.2) is 0 Å². The quantitative estimate of drug-likeness (QED) is 0.835. The van der Waals surface area contributed by atoms with Gasteiger partial charge in [0, 0.05) is 30.7 Å². The van der Waals surface area contributed by atoms with Crippen molar-refractivity contribution in [2.45, 2.75) is 31.2 Å². The van der Waals surface area contributed by atoms with Crippen LogP contribution in [0.25, 0.3) is 0 Å². The summed E-state index contributed by atoms with van der Waals surface area (Å²) in [7, 11) is 2.28. The number of nitrogens with zero attached hydrogens (tertiary/aromatic N) is 1. The summed E-state index contributed by atoms with van der Waals surface area (Å²) >= 11 is 0. The summed E-state index contributed by atoms with van der Waals surface area (Å²) in [6.07, 6.45) is 4.23. The van der Waals surface area contributed by atoms with Gasteiger partial charge in [0.25, 0.3) is 0 Å². The first-order valence-corrected chi connectivity index (χ1v) is 6.37. The number of benzene rings is 1. The van der Waals surface area contributed by atoms with E-state index in [-0.39, 0.29) is 0 Å². The first-order chi connectivity index (χ1) is 7.84. The van der Waals surface area contributed by atoms with E-state index in [0.717, 1.165) is 12.6 Å². The fourth-order valence-electron chi connectivity index (χ4n) is 2.84. The van der Waals surface area contributed by atoms with Crippen LogP contribution < -0.4 is 5.32 Å². The summed E-state index contributed by atoms with van der Waals surface area (Å²) in [6.45, 7) is 2.31. The minimum absolute atomic E-state index is 0.682. The molecule has 2 heteroatoms. The molecule has 1 N–H and O–H groups in total. The first-order valence-electron chi connectivity index (χ1n) is 6.37. The number of rotatable bonds is 3. The van der Waals surface area contributed by atoms with Crippen LogP contribution in [0.2, 0.25) is 0 Å². The van der Waals surface area contributed by atoms with Gasteiger partial charge in [0.1, 0.15) is 0 Å². The lowest BCUT2D eigenvalue weighted by atomic mass is 9.90. The Hall–Kier alpha value is -1.02. The predicted molar refractivity (Wildman–Crippen MR) is 67.9 cm³/mol. The van der Waals surface area contributed by atoms with Crippen molar-refractivity contribution < 1.29 is 0 Å². The Morgan fingerprint density at radius 3 is 2.88 bits per heavy atom. The number of anilines is 1. The summed E-state index contributed by atoms with van der Waals surface area (Å²) in [4.78, 5) is 2.55. The molecule has 0 saturated heterocycles. The molecular formula is C14H20N2. The van der Waals surface area contributed by atoms with Crippen LogP contribution >= 0.6 is 0 Å². The molecule has 1 atom stereocenters. The van der Waals surface area contributed by atoms with Gasteiger partial charge in [-0.1, -0.05) is 24.6 Å². The van der Waals surface area contributed by atoms with Crippen molar-refractivity contribution in [3.05, 3.63) is 29.8 Å². The zero-order valence-electron chi connectivity index (χ0n) is 9.95. The van der Waals surface area contributed by atoms with Crippen molar-refractivity contribution in [2.75, 3.05) is 25.5 Å². The van der Waals surface area contributed by atoms with Gasteiger partial charge in [-0.25, -0.2) is 0 Å². The Kier molecular flexibility index (Phi) is 2.60. The van der Waals surface area contributed by atoms with Gasteiger partial charge in [0.2, 0.25) is 0 Å². The molecule has 0 spiro atoms. The third kappa shape index (κ3) is 1.71. The smallest absolute Gasteiger partial charge is 0.0376 e. The van der Waals surface area contributed by atoms with E-state index in [0.29, 0.717) is 5.92 Å². The molecule has 0 aromatic heterocycles. The second-order valence-corrected chi connectivity index (χ2v) is 5.19. The van der Waals surface area contributed by atoms with Gasteiger partial charge in [0.05, 0.1) is 0 Å². The van der Waals surface area contributed by atoms with Gasteiger partial charge in [-0.2, -0.15) is 0 Å². The Bertz CT molecular complexity index is 371. The summed E-state index contributed by atoms with van der Waals surface area (Å²) < 4.78 is 0. The minimum atomic E-state index is 0.682. The average Bonchev–Trinajstić information content (AvgIpc) is 2.59. The third-order valence-electron chi connectivity index (χ3n) is 4.15. The van der Waals surface area contributed by atoms with Crippen LogP contribution in [0.4, 0.5) is 5.69 Å². The second-order valence-electron chi connectivity index (χ2n) is 5.19. The standard InChI is InChI=1S/C14H20N2/c1-16(12-5-4-6-12)10-11-9-15-14-8-3-2-7-13(11)14/h2-3,7-8,11-12,15H,4-6,9-10H2,1H3. The van der Waals surface area contributed by atoms with E-state index in [1.54, 1.807) is 0 Å². The van der Waals surface area contributed by atoms with Crippen LogP contribution in [0.15, 0.2) is 24.3 Å². The van der Waals surface area contributed by atoms with E-state index in [1.165, 1.54) is 37.1 Å². The molecule has 1 aliphatic carbocycles. The van der Waals surface area contributed by atoms with E-state index in [9.17, 15) is 0 Å². The highest BCUT2D eigenvalue weighted by molar-refractivity contribution is 5.57. The largest absolute Gasteiger partial charge is 0.384 e. The maximum Gasteiger partial charge on any atom is 0.0376 e. The highest BCUT2D eigenvalue weighted by Crippen LogP contribution is 2.33. The van der Waals surface area contributed by atoms with Crippen molar-refractivity contribution in [3.63, 3.8) is 0 Å². The van der Waals surface area contributed by atoms with E-state index < -0.39 is 0 Å². The lowest BCUT2D eigenvalue weighted by Gasteiger charge is -2.36. The van der Waals surface area contributed by atoms with Crippen molar-refractivity contribution in [3.8, 4) is 0 Å². The van der Waals surface area contributed by atoms with Crippen molar-refractivity contribution in [1.29, 1.82) is 0 Å². The van der Waals surface area contributed by atoms with E-state index in [4.69, 9.17) is 0 Å². The Labute approximate surface area is 97.6 Å².